The highest BCUT2D eigenvalue weighted by molar-refractivity contribution is 5.80. The molecule has 1 fully saturated rings. The molecule has 2 aliphatic carbocycles. The molecule has 0 amide bonds. The number of carbonyl (C=O) groups is 1. The summed E-state index contributed by atoms with van der Waals surface area (Å²) in [5.41, 5.74) is 3.74. The maximum absolute atomic E-state index is 13.1. The number of hydrogen-bond acceptors (Lipinski definition) is 5. The number of fused-ring (bicyclic) bond motifs is 1. The lowest BCUT2D eigenvalue weighted by Crippen LogP contribution is -2.45. The molecule has 4 rings (SSSR count). The Labute approximate surface area is 241 Å². The first kappa shape index (κ1) is 30.3. The van der Waals surface area contributed by atoms with Gasteiger partial charge in [-0.1, -0.05) is 56.7 Å². The third-order valence-electron chi connectivity index (χ3n) is 9.18. The Morgan fingerprint density at radius 2 is 1.30 bits per heavy atom. The molecule has 2 aliphatic rings. The van der Waals surface area contributed by atoms with Gasteiger partial charge in [-0.15, -0.1) is 0 Å². The minimum Gasteiger partial charge on any atom is -0.497 e. The van der Waals surface area contributed by atoms with Crippen LogP contribution >= 0.6 is 0 Å². The van der Waals surface area contributed by atoms with Crippen LogP contribution < -0.4 is 9.47 Å². The summed E-state index contributed by atoms with van der Waals surface area (Å²) in [5.74, 6) is 4.86. The van der Waals surface area contributed by atoms with Crippen molar-refractivity contribution < 1.29 is 23.7 Å². The average molecular weight is 549 g/mol. The first-order chi connectivity index (χ1) is 19.3. The molecule has 5 nitrogen and oxygen atoms in total. The zero-order valence-corrected chi connectivity index (χ0v) is 25.2. The number of allylic oxidation sites excluding steroid dienone is 2. The summed E-state index contributed by atoms with van der Waals surface area (Å²) in [6.45, 7) is 11.7. The number of carbonyl (C=O) groups excluding carboxylic acids is 1. The SMILES string of the molecule is COc1ccc(COC[C@@H](C)[C@@H]2CC(=O)C[C@H]3[C@@H]2C=C(C)C[C@H]3[C@H](COCc2ccc(OC)cc2)C(C)C)cc1. The van der Waals surface area contributed by atoms with Crippen LogP contribution in [0.3, 0.4) is 0 Å². The normalized spacial score (nSPS) is 24.3. The molecule has 0 heterocycles. The van der Waals surface area contributed by atoms with Crippen LogP contribution in [0.4, 0.5) is 0 Å². The van der Waals surface area contributed by atoms with Crippen LogP contribution in [0.1, 0.15) is 58.1 Å². The lowest BCUT2D eigenvalue weighted by atomic mass is 9.56. The van der Waals surface area contributed by atoms with Gasteiger partial charge in [0.15, 0.2) is 0 Å². The molecule has 0 aliphatic heterocycles. The van der Waals surface area contributed by atoms with Crippen LogP contribution in [0.2, 0.25) is 0 Å². The van der Waals surface area contributed by atoms with Crippen molar-refractivity contribution in [3.8, 4) is 11.5 Å². The number of rotatable bonds is 13. The van der Waals surface area contributed by atoms with E-state index in [0.29, 0.717) is 86.5 Å². The van der Waals surface area contributed by atoms with Gasteiger partial charge in [-0.05, 0) is 90.2 Å². The highest BCUT2D eigenvalue weighted by atomic mass is 16.5. The van der Waals surface area contributed by atoms with Crippen LogP contribution in [0, 0.1) is 41.4 Å². The molecule has 2 aromatic rings. The number of benzene rings is 2. The van der Waals surface area contributed by atoms with E-state index in [0.717, 1.165) is 29.0 Å². The van der Waals surface area contributed by atoms with Crippen molar-refractivity contribution in [3.63, 3.8) is 0 Å². The molecule has 40 heavy (non-hydrogen) atoms. The Morgan fingerprint density at radius 3 is 1.82 bits per heavy atom. The highest BCUT2D eigenvalue weighted by Gasteiger charge is 2.46. The summed E-state index contributed by atoms with van der Waals surface area (Å²) < 4.78 is 23.0. The quantitative estimate of drug-likeness (QED) is 0.242. The molecular weight excluding hydrogens is 500 g/mol. The van der Waals surface area contributed by atoms with E-state index < -0.39 is 0 Å². The summed E-state index contributed by atoms with van der Waals surface area (Å²) in [6.07, 6.45) is 4.90. The standard InChI is InChI=1S/C35H48O5/c1-23(2)35(22-40-21-27-9-13-30(38-6)14-10-27)33-16-24(3)15-32-31(17-28(36)18-34(32)33)25(4)19-39-20-26-7-11-29(37-5)12-8-26/h7-15,23,25,31-35H,16-22H2,1-6H3/t25-,31+,32-,33-,34+,35-/m1/s1. The second-order valence-corrected chi connectivity index (χ2v) is 12.3. The molecule has 0 unspecified atom stereocenters. The Hall–Kier alpha value is -2.63. The summed E-state index contributed by atoms with van der Waals surface area (Å²) >= 11 is 0. The van der Waals surface area contributed by atoms with Crippen molar-refractivity contribution in [2.24, 2.45) is 41.4 Å². The van der Waals surface area contributed by atoms with Crippen LogP contribution in [-0.2, 0) is 27.5 Å². The Bertz CT molecular complexity index is 1100. The molecule has 1 saturated carbocycles. The number of Topliss-reactive ketones (excluding diaryl/α,β-unsaturated/α-hetero) is 1. The molecular formula is C35H48O5. The first-order valence-corrected chi connectivity index (χ1v) is 14.9. The lowest BCUT2D eigenvalue weighted by molar-refractivity contribution is -0.128. The predicted octanol–water partition coefficient (Wildman–Crippen LogP) is 7.52. The summed E-state index contributed by atoms with van der Waals surface area (Å²) in [6, 6.07) is 16.1. The van der Waals surface area contributed by atoms with Crippen molar-refractivity contribution in [1.82, 2.24) is 0 Å². The molecule has 0 aromatic heterocycles. The van der Waals surface area contributed by atoms with Crippen LogP contribution in [0.25, 0.3) is 0 Å². The van der Waals surface area contributed by atoms with E-state index in [2.05, 4.69) is 45.9 Å². The number of ketones is 1. The molecule has 5 heteroatoms. The minimum absolute atomic E-state index is 0.307. The van der Waals surface area contributed by atoms with E-state index in [4.69, 9.17) is 18.9 Å². The molecule has 2 aromatic carbocycles. The van der Waals surface area contributed by atoms with E-state index >= 15 is 0 Å². The number of methoxy groups -OCH3 is 2. The molecule has 0 saturated heterocycles. The molecule has 6 atom stereocenters. The van der Waals surface area contributed by atoms with Gasteiger partial charge in [0.1, 0.15) is 17.3 Å². The van der Waals surface area contributed by atoms with Crippen molar-refractivity contribution in [3.05, 3.63) is 71.3 Å². The van der Waals surface area contributed by atoms with Crippen LogP contribution in [0.15, 0.2) is 60.2 Å². The van der Waals surface area contributed by atoms with E-state index in [1.807, 2.05) is 36.4 Å². The third kappa shape index (κ3) is 7.76. The topological polar surface area (TPSA) is 54.0 Å². The average Bonchev–Trinajstić information content (AvgIpc) is 2.95. The fourth-order valence-corrected chi connectivity index (χ4v) is 6.91. The van der Waals surface area contributed by atoms with Crippen LogP contribution in [0.5, 0.6) is 11.5 Å². The van der Waals surface area contributed by atoms with E-state index in [-0.39, 0.29) is 0 Å². The maximum Gasteiger partial charge on any atom is 0.133 e. The van der Waals surface area contributed by atoms with Crippen molar-refractivity contribution >= 4 is 5.78 Å². The summed E-state index contributed by atoms with van der Waals surface area (Å²) in [5, 5.41) is 0. The monoisotopic (exact) mass is 548 g/mol. The minimum atomic E-state index is 0.307. The largest absolute Gasteiger partial charge is 0.497 e. The van der Waals surface area contributed by atoms with Gasteiger partial charge in [0.25, 0.3) is 0 Å². The highest BCUT2D eigenvalue weighted by Crippen LogP contribution is 2.50. The lowest BCUT2D eigenvalue weighted by Gasteiger charge is -2.48. The van der Waals surface area contributed by atoms with Crippen molar-refractivity contribution in [2.75, 3.05) is 27.4 Å². The smallest absolute Gasteiger partial charge is 0.133 e. The molecule has 0 spiro atoms. The second-order valence-electron chi connectivity index (χ2n) is 12.3. The van der Waals surface area contributed by atoms with Gasteiger partial charge in [-0.3, -0.25) is 4.79 Å². The fourth-order valence-electron chi connectivity index (χ4n) is 6.91. The molecule has 0 N–H and O–H groups in total. The van der Waals surface area contributed by atoms with Gasteiger partial charge in [-0.2, -0.15) is 0 Å². The summed E-state index contributed by atoms with van der Waals surface area (Å²) in [7, 11) is 3.36. The van der Waals surface area contributed by atoms with Gasteiger partial charge in [0.2, 0.25) is 0 Å². The zero-order chi connectivity index (χ0) is 28.6. The number of ether oxygens (including phenoxy) is 4. The van der Waals surface area contributed by atoms with Crippen molar-refractivity contribution in [2.45, 2.75) is 60.2 Å². The van der Waals surface area contributed by atoms with E-state index in [1.54, 1.807) is 14.2 Å². The maximum atomic E-state index is 13.1. The van der Waals surface area contributed by atoms with E-state index in [9.17, 15) is 4.79 Å². The number of hydrogen-bond donors (Lipinski definition) is 0. The summed E-state index contributed by atoms with van der Waals surface area (Å²) in [4.78, 5) is 13.1. The van der Waals surface area contributed by atoms with Gasteiger partial charge >= 0.3 is 0 Å². The van der Waals surface area contributed by atoms with Crippen LogP contribution in [-0.4, -0.2) is 33.2 Å². The molecule has 218 valence electrons. The predicted molar refractivity (Wildman–Crippen MR) is 159 cm³/mol. The molecule has 0 radical (unpaired) electrons. The second kappa shape index (κ2) is 14.3. The first-order valence-electron chi connectivity index (χ1n) is 14.9. The third-order valence-corrected chi connectivity index (χ3v) is 9.18. The van der Waals surface area contributed by atoms with Gasteiger partial charge in [-0.25, -0.2) is 0 Å². The van der Waals surface area contributed by atoms with Gasteiger partial charge in [0.05, 0.1) is 34.0 Å². The Morgan fingerprint density at radius 1 is 0.750 bits per heavy atom. The zero-order valence-electron chi connectivity index (χ0n) is 25.2. The van der Waals surface area contributed by atoms with Gasteiger partial charge in [0, 0.05) is 19.4 Å². The van der Waals surface area contributed by atoms with Gasteiger partial charge < -0.3 is 18.9 Å². The Kier molecular flexibility index (Phi) is 10.9. The Balaban J connectivity index is 1.40. The van der Waals surface area contributed by atoms with E-state index in [1.165, 1.54) is 5.57 Å². The molecule has 0 bridgehead atoms. The fraction of sp³-hybridized carbons (Fsp3) is 0.571. The van der Waals surface area contributed by atoms with Crippen molar-refractivity contribution in [1.29, 1.82) is 0 Å².